The highest BCUT2D eigenvalue weighted by Crippen LogP contribution is 1.78. The maximum absolute atomic E-state index is 9.70. The Kier molecular flexibility index (Phi) is 1.35. The Balaban J connectivity index is 0.000000250. The van der Waals surface area contributed by atoms with Gasteiger partial charge in [-0.25, -0.2) is 0 Å². The van der Waals surface area contributed by atoms with Crippen LogP contribution in [-0.4, -0.2) is 11.4 Å². The average Bonchev–Trinajstić information content (AvgIpc) is 1.30. The predicted octanol–water partition coefficient (Wildman–Crippen LogP) is -1.19. The van der Waals surface area contributed by atoms with Crippen LogP contribution in [0.15, 0.2) is 12.3 Å². The number of carbonyl (C=O) groups is 1. The first-order valence-corrected chi connectivity index (χ1v) is 1.36. The Hall–Kier alpha value is -0.830. The Morgan fingerprint density at radius 1 is 1.67 bits per heavy atom. The summed E-state index contributed by atoms with van der Waals surface area (Å²) in [6.45, 7) is 0. The van der Waals surface area contributed by atoms with Gasteiger partial charge in [0.2, 0.25) is 5.91 Å². The van der Waals surface area contributed by atoms with E-state index in [0.717, 1.165) is 0 Å². The van der Waals surface area contributed by atoms with Gasteiger partial charge in [-0.2, -0.15) is 0 Å². The average molecular weight is 87.1 g/mol. The summed E-state index contributed by atoms with van der Waals surface area (Å²) in [6, 6.07) is 0. The quantitative estimate of drug-likeness (QED) is 0.396. The van der Waals surface area contributed by atoms with Gasteiger partial charge in [0.05, 0.1) is 0 Å². The predicted molar refractivity (Wildman–Crippen MR) is 20.9 cm³/mol. The van der Waals surface area contributed by atoms with Gasteiger partial charge in [0.15, 0.2) is 0 Å². The van der Waals surface area contributed by atoms with E-state index in [1.54, 1.807) is 6.20 Å². The molecular weight excluding hydrogens is 82.0 g/mol. The van der Waals surface area contributed by atoms with Gasteiger partial charge in [0, 0.05) is 12.3 Å². The van der Waals surface area contributed by atoms with Crippen molar-refractivity contribution < 1.29 is 10.3 Å². The van der Waals surface area contributed by atoms with Crippen molar-refractivity contribution in [3.8, 4) is 0 Å². The van der Waals surface area contributed by atoms with Crippen LogP contribution in [0, 0.1) is 0 Å². The van der Waals surface area contributed by atoms with Crippen LogP contribution >= 0.6 is 0 Å². The normalized spacial score (nSPS) is 14.3. The van der Waals surface area contributed by atoms with Crippen LogP contribution in [0.2, 0.25) is 0 Å². The molecule has 0 fully saturated rings. The third-order valence-electron chi connectivity index (χ3n) is 0.460. The van der Waals surface area contributed by atoms with Crippen LogP contribution < -0.4 is 5.32 Å². The van der Waals surface area contributed by atoms with E-state index in [2.05, 4.69) is 5.32 Å². The van der Waals surface area contributed by atoms with Crippen LogP contribution in [0.5, 0.6) is 0 Å². The van der Waals surface area contributed by atoms with Gasteiger partial charge in [-0.3, -0.25) is 4.79 Å². The number of rotatable bonds is 0. The van der Waals surface area contributed by atoms with Crippen LogP contribution in [0.4, 0.5) is 0 Å². The monoisotopic (exact) mass is 87.0 g/mol. The summed E-state index contributed by atoms with van der Waals surface area (Å²) in [5, 5.41) is 2.39. The fraction of sp³-hybridized carbons (Fsp3) is 0. The smallest absolute Gasteiger partial charge is 0.249 e. The van der Waals surface area contributed by atoms with E-state index in [4.69, 9.17) is 0 Å². The topological polar surface area (TPSA) is 60.6 Å². The van der Waals surface area contributed by atoms with E-state index < -0.39 is 0 Å². The molecule has 0 aromatic rings. The van der Waals surface area contributed by atoms with E-state index in [-0.39, 0.29) is 11.4 Å². The summed E-state index contributed by atoms with van der Waals surface area (Å²) in [7, 11) is 0. The van der Waals surface area contributed by atoms with Crippen molar-refractivity contribution >= 4 is 5.91 Å². The van der Waals surface area contributed by atoms with Gasteiger partial charge in [-0.15, -0.1) is 0 Å². The van der Waals surface area contributed by atoms with Gasteiger partial charge in [-0.05, 0) is 0 Å². The molecule has 0 aromatic heterocycles. The molecule has 1 aliphatic heterocycles. The second kappa shape index (κ2) is 1.57. The van der Waals surface area contributed by atoms with Gasteiger partial charge < -0.3 is 10.8 Å². The summed E-state index contributed by atoms with van der Waals surface area (Å²) in [4.78, 5) is 9.70. The summed E-state index contributed by atoms with van der Waals surface area (Å²) in [6.07, 6.45) is 3.07. The lowest BCUT2D eigenvalue weighted by atomic mass is 10.4. The lowest BCUT2D eigenvalue weighted by Crippen LogP contribution is -2.22. The fourth-order valence-electron chi connectivity index (χ4n) is 0.151. The molecule has 3 nitrogen and oxygen atoms in total. The molecule has 0 bridgehead atoms. The molecule has 0 saturated carbocycles. The zero-order chi connectivity index (χ0) is 3.70. The minimum atomic E-state index is 0. The highest BCUT2D eigenvalue weighted by Gasteiger charge is 1.95. The van der Waals surface area contributed by atoms with Crippen molar-refractivity contribution in [1.29, 1.82) is 0 Å². The molecule has 0 aliphatic carbocycles. The van der Waals surface area contributed by atoms with E-state index in [1.807, 2.05) is 0 Å². The van der Waals surface area contributed by atoms with Crippen molar-refractivity contribution in [2.75, 3.05) is 0 Å². The second-order valence-corrected chi connectivity index (χ2v) is 0.842. The summed E-state index contributed by atoms with van der Waals surface area (Å²) < 4.78 is 0. The Labute approximate surface area is 35.0 Å². The third kappa shape index (κ3) is 0.558. The number of amides is 1. The molecule has 0 unspecified atom stereocenters. The van der Waals surface area contributed by atoms with Crippen LogP contribution in [0.3, 0.4) is 0 Å². The van der Waals surface area contributed by atoms with Crippen molar-refractivity contribution in [2.24, 2.45) is 0 Å². The molecule has 0 saturated heterocycles. The van der Waals surface area contributed by atoms with Crippen molar-refractivity contribution in [2.45, 2.75) is 0 Å². The Bertz CT molecular complexity index is 86.8. The Morgan fingerprint density at radius 3 is 2.00 bits per heavy atom. The fourth-order valence-corrected chi connectivity index (χ4v) is 0.151. The first-order valence-electron chi connectivity index (χ1n) is 1.36. The number of carbonyl (C=O) groups excluding carboxylic acids is 1. The van der Waals surface area contributed by atoms with Crippen molar-refractivity contribution in [3.63, 3.8) is 0 Å². The molecule has 0 radical (unpaired) electrons. The first kappa shape index (κ1) is 5.17. The van der Waals surface area contributed by atoms with Crippen molar-refractivity contribution in [3.05, 3.63) is 12.3 Å². The standard InChI is InChI=1S/C3H3NO.H2O/c5-3-1-2-4-3;/h1-2H,(H,4,5);1H2. The molecule has 0 spiro atoms. The molecule has 1 aliphatic rings. The van der Waals surface area contributed by atoms with E-state index in [1.165, 1.54) is 6.08 Å². The number of hydrogen-bond donors (Lipinski definition) is 1. The minimum absolute atomic E-state index is 0. The maximum atomic E-state index is 9.70. The maximum Gasteiger partial charge on any atom is 0.249 e. The molecule has 1 rings (SSSR count). The van der Waals surface area contributed by atoms with Crippen LogP contribution in [0.25, 0.3) is 0 Å². The summed E-state index contributed by atoms with van der Waals surface area (Å²) in [5.74, 6) is 0.00463. The molecule has 6 heavy (non-hydrogen) atoms. The van der Waals surface area contributed by atoms with Crippen molar-refractivity contribution in [1.82, 2.24) is 5.32 Å². The highest BCUT2D eigenvalue weighted by molar-refractivity contribution is 5.93. The molecule has 34 valence electrons. The SMILES string of the molecule is O.O=C1C=CN1. The molecule has 3 heteroatoms. The van der Waals surface area contributed by atoms with Gasteiger partial charge in [-0.1, -0.05) is 0 Å². The van der Waals surface area contributed by atoms with Gasteiger partial charge in [0.1, 0.15) is 0 Å². The van der Waals surface area contributed by atoms with Crippen LogP contribution in [0.1, 0.15) is 0 Å². The lowest BCUT2D eigenvalue weighted by molar-refractivity contribution is -0.117. The van der Waals surface area contributed by atoms with E-state index in [0.29, 0.717) is 0 Å². The van der Waals surface area contributed by atoms with E-state index >= 15 is 0 Å². The summed E-state index contributed by atoms with van der Waals surface area (Å²) in [5.41, 5.74) is 0. The Morgan fingerprint density at radius 2 is 2.00 bits per heavy atom. The highest BCUT2D eigenvalue weighted by atomic mass is 16.2. The largest absolute Gasteiger partial charge is 0.412 e. The lowest BCUT2D eigenvalue weighted by Gasteiger charge is -1.97. The third-order valence-corrected chi connectivity index (χ3v) is 0.460. The first-order chi connectivity index (χ1) is 2.39. The molecule has 3 N–H and O–H groups in total. The number of nitrogens with one attached hydrogen (secondary N) is 1. The van der Waals surface area contributed by atoms with Gasteiger partial charge >= 0.3 is 0 Å². The second-order valence-electron chi connectivity index (χ2n) is 0.842. The van der Waals surface area contributed by atoms with E-state index in [9.17, 15) is 4.79 Å². The molecule has 0 aromatic carbocycles. The summed E-state index contributed by atoms with van der Waals surface area (Å²) >= 11 is 0. The van der Waals surface area contributed by atoms with Gasteiger partial charge in [0.25, 0.3) is 0 Å². The van der Waals surface area contributed by atoms with Crippen LogP contribution in [-0.2, 0) is 4.79 Å². The molecule has 1 heterocycles. The number of hydrogen-bond acceptors (Lipinski definition) is 1. The molecular formula is C3H5NO2. The zero-order valence-electron chi connectivity index (χ0n) is 3.06. The minimum Gasteiger partial charge on any atom is -0.412 e. The molecule has 1 amide bonds. The zero-order valence-corrected chi connectivity index (χ0v) is 3.06. The molecule has 0 atom stereocenters.